The molecular weight excluding hydrogens is 545 g/mol. The summed E-state index contributed by atoms with van der Waals surface area (Å²) in [6.45, 7) is 2.40. The zero-order valence-corrected chi connectivity index (χ0v) is 22.1. The lowest BCUT2D eigenvalue weighted by Crippen LogP contribution is -2.48. The predicted molar refractivity (Wildman–Crippen MR) is 145 cm³/mol. The van der Waals surface area contributed by atoms with Crippen LogP contribution in [0, 0.1) is 0 Å². The second-order valence-electron chi connectivity index (χ2n) is 7.86. The van der Waals surface area contributed by atoms with Crippen molar-refractivity contribution < 1.29 is 9.47 Å². The van der Waals surface area contributed by atoms with Gasteiger partial charge in [0.1, 0.15) is 17.8 Å². The van der Waals surface area contributed by atoms with Crippen molar-refractivity contribution in [2.24, 2.45) is 4.99 Å². The monoisotopic (exact) mass is 577 g/mol. The summed E-state index contributed by atoms with van der Waals surface area (Å²) >= 11 is 0. The van der Waals surface area contributed by atoms with E-state index < -0.39 is 0 Å². The van der Waals surface area contributed by atoms with E-state index >= 15 is 0 Å². The molecule has 182 valence electrons. The van der Waals surface area contributed by atoms with E-state index in [4.69, 9.17) is 9.47 Å². The first-order chi connectivity index (χ1) is 16.2. The highest BCUT2D eigenvalue weighted by molar-refractivity contribution is 14.0. The number of ether oxygens (including phenoxy) is 2. The third-order valence-electron chi connectivity index (χ3n) is 5.83. The number of rotatable bonds is 7. The molecule has 9 nitrogen and oxygen atoms in total. The number of aliphatic imine (C=N–C) groups is 1. The van der Waals surface area contributed by atoms with Gasteiger partial charge in [-0.15, -0.1) is 34.2 Å². The standard InChI is InChI=1S/C24H31N7O2.HI/c1-25-24(26-16-23-29-27-17-31(23)19-7-5-4-6-8-19)28-18-9-11-30(12-10-18)20-13-21(32-2)15-22(14-20)33-3;/h4-8,13-15,17-18H,9-12,16H2,1-3H3,(H2,25,26,28);1H. The SMILES string of the molecule is CN=C(NCc1nncn1-c1ccccc1)NC1CCN(c2cc(OC)cc(OC)c2)CC1.I. The molecule has 4 rings (SSSR count). The fraction of sp³-hybridized carbons (Fsp3) is 0.375. The molecule has 3 aromatic rings. The maximum absolute atomic E-state index is 5.42. The Morgan fingerprint density at radius 1 is 1.03 bits per heavy atom. The molecule has 0 atom stereocenters. The Morgan fingerprint density at radius 3 is 2.32 bits per heavy atom. The number of aromatic nitrogens is 3. The van der Waals surface area contributed by atoms with Gasteiger partial charge in [-0.3, -0.25) is 9.56 Å². The molecule has 10 heteroatoms. The van der Waals surface area contributed by atoms with Crippen LogP contribution in [0.4, 0.5) is 5.69 Å². The van der Waals surface area contributed by atoms with E-state index in [-0.39, 0.29) is 24.0 Å². The zero-order chi connectivity index (χ0) is 23.0. The summed E-state index contributed by atoms with van der Waals surface area (Å²) in [6, 6.07) is 16.4. The zero-order valence-electron chi connectivity index (χ0n) is 19.8. The van der Waals surface area contributed by atoms with Gasteiger partial charge >= 0.3 is 0 Å². The summed E-state index contributed by atoms with van der Waals surface area (Å²) in [5.41, 5.74) is 2.15. The first kappa shape index (κ1) is 25.6. The van der Waals surface area contributed by atoms with Gasteiger partial charge in [0.05, 0.1) is 20.8 Å². The Labute approximate surface area is 217 Å². The Balaban J connectivity index is 0.00000324. The van der Waals surface area contributed by atoms with Crippen molar-refractivity contribution in [2.45, 2.75) is 25.4 Å². The molecule has 1 fully saturated rings. The van der Waals surface area contributed by atoms with Crippen molar-refractivity contribution in [3.8, 4) is 17.2 Å². The quantitative estimate of drug-likeness (QED) is 0.253. The van der Waals surface area contributed by atoms with Crippen molar-refractivity contribution in [1.82, 2.24) is 25.4 Å². The van der Waals surface area contributed by atoms with E-state index in [0.29, 0.717) is 12.6 Å². The number of para-hydroxylation sites is 1. The number of halogens is 1. The number of hydrogen-bond acceptors (Lipinski definition) is 6. The Morgan fingerprint density at radius 2 is 1.71 bits per heavy atom. The van der Waals surface area contributed by atoms with Gasteiger partial charge in [0.15, 0.2) is 11.8 Å². The van der Waals surface area contributed by atoms with E-state index in [9.17, 15) is 0 Å². The highest BCUT2D eigenvalue weighted by Crippen LogP contribution is 2.30. The third kappa shape index (κ3) is 6.31. The van der Waals surface area contributed by atoms with Crippen LogP contribution in [0.1, 0.15) is 18.7 Å². The molecule has 1 aromatic heterocycles. The molecule has 0 radical (unpaired) electrons. The molecule has 0 unspecified atom stereocenters. The average Bonchev–Trinajstić information content (AvgIpc) is 3.35. The van der Waals surface area contributed by atoms with Crippen LogP contribution in [0.15, 0.2) is 59.9 Å². The summed E-state index contributed by atoms with van der Waals surface area (Å²) < 4.78 is 12.8. The summed E-state index contributed by atoms with van der Waals surface area (Å²) in [6.07, 6.45) is 3.73. The molecule has 0 bridgehead atoms. The lowest BCUT2D eigenvalue weighted by molar-refractivity contribution is 0.393. The van der Waals surface area contributed by atoms with Gasteiger partial charge < -0.3 is 25.0 Å². The normalized spacial score (nSPS) is 14.3. The topological polar surface area (TPSA) is 88.8 Å². The largest absolute Gasteiger partial charge is 0.497 e. The van der Waals surface area contributed by atoms with Gasteiger partial charge in [0.2, 0.25) is 0 Å². The van der Waals surface area contributed by atoms with Crippen molar-refractivity contribution in [3.05, 3.63) is 60.7 Å². The maximum Gasteiger partial charge on any atom is 0.191 e. The molecule has 34 heavy (non-hydrogen) atoms. The second kappa shape index (κ2) is 12.4. The number of anilines is 1. The van der Waals surface area contributed by atoms with Gasteiger partial charge in [-0.1, -0.05) is 18.2 Å². The number of hydrogen-bond donors (Lipinski definition) is 2. The lowest BCUT2D eigenvalue weighted by atomic mass is 10.0. The van der Waals surface area contributed by atoms with E-state index in [1.807, 2.05) is 41.0 Å². The van der Waals surface area contributed by atoms with E-state index in [2.05, 4.69) is 42.9 Å². The first-order valence-electron chi connectivity index (χ1n) is 11.1. The van der Waals surface area contributed by atoms with Gasteiger partial charge in [0, 0.05) is 55.8 Å². The number of methoxy groups -OCH3 is 2. The number of benzene rings is 2. The molecule has 2 N–H and O–H groups in total. The Hall–Kier alpha value is -3.02. The fourth-order valence-electron chi connectivity index (χ4n) is 3.99. The molecular formula is C24H32IN7O2. The van der Waals surface area contributed by atoms with Crippen molar-refractivity contribution in [2.75, 3.05) is 39.3 Å². The van der Waals surface area contributed by atoms with Crippen LogP contribution in [0.3, 0.4) is 0 Å². The van der Waals surface area contributed by atoms with Crippen molar-refractivity contribution in [1.29, 1.82) is 0 Å². The van der Waals surface area contributed by atoms with Gasteiger partial charge in [-0.05, 0) is 25.0 Å². The van der Waals surface area contributed by atoms with Crippen LogP contribution in [0.5, 0.6) is 11.5 Å². The fourth-order valence-corrected chi connectivity index (χ4v) is 3.99. The molecule has 0 saturated carbocycles. The molecule has 1 saturated heterocycles. The van der Waals surface area contributed by atoms with Crippen LogP contribution in [-0.4, -0.2) is 61.1 Å². The molecule has 0 aliphatic carbocycles. The number of nitrogens with zero attached hydrogens (tertiary/aromatic N) is 5. The van der Waals surface area contributed by atoms with Gasteiger partial charge in [-0.2, -0.15) is 0 Å². The average molecular weight is 577 g/mol. The van der Waals surface area contributed by atoms with Crippen LogP contribution in [-0.2, 0) is 6.54 Å². The lowest BCUT2D eigenvalue weighted by Gasteiger charge is -2.34. The predicted octanol–water partition coefficient (Wildman–Crippen LogP) is 3.24. The van der Waals surface area contributed by atoms with E-state index in [1.165, 1.54) is 0 Å². The Kier molecular flexibility index (Phi) is 9.37. The number of piperidine rings is 1. The van der Waals surface area contributed by atoms with Gasteiger partial charge in [-0.25, -0.2) is 0 Å². The molecule has 0 spiro atoms. The highest BCUT2D eigenvalue weighted by atomic mass is 127. The molecule has 2 heterocycles. The molecule has 1 aliphatic rings. The van der Waals surface area contributed by atoms with Crippen LogP contribution in [0.2, 0.25) is 0 Å². The van der Waals surface area contributed by atoms with Crippen LogP contribution >= 0.6 is 24.0 Å². The molecule has 1 aliphatic heterocycles. The molecule has 2 aromatic carbocycles. The summed E-state index contributed by atoms with van der Waals surface area (Å²) in [5.74, 6) is 3.19. The highest BCUT2D eigenvalue weighted by Gasteiger charge is 2.21. The summed E-state index contributed by atoms with van der Waals surface area (Å²) in [5, 5.41) is 15.2. The summed E-state index contributed by atoms with van der Waals surface area (Å²) in [7, 11) is 5.14. The number of nitrogens with one attached hydrogen (secondary N) is 2. The first-order valence-corrected chi connectivity index (χ1v) is 11.1. The Bertz CT molecular complexity index is 1040. The van der Waals surface area contributed by atoms with Crippen molar-refractivity contribution in [3.63, 3.8) is 0 Å². The minimum atomic E-state index is 0. The summed E-state index contributed by atoms with van der Waals surface area (Å²) in [4.78, 5) is 6.76. The minimum Gasteiger partial charge on any atom is -0.497 e. The third-order valence-corrected chi connectivity index (χ3v) is 5.83. The van der Waals surface area contributed by atoms with Gasteiger partial charge in [0.25, 0.3) is 0 Å². The van der Waals surface area contributed by atoms with Crippen LogP contribution in [0.25, 0.3) is 5.69 Å². The maximum atomic E-state index is 5.42. The second-order valence-corrected chi connectivity index (χ2v) is 7.86. The molecule has 0 amide bonds. The van der Waals surface area contributed by atoms with E-state index in [0.717, 1.165) is 60.6 Å². The van der Waals surface area contributed by atoms with E-state index in [1.54, 1.807) is 27.6 Å². The number of guanidine groups is 1. The van der Waals surface area contributed by atoms with Crippen molar-refractivity contribution >= 4 is 35.6 Å². The smallest absolute Gasteiger partial charge is 0.191 e. The minimum absolute atomic E-state index is 0. The van der Waals surface area contributed by atoms with Crippen LogP contribution < -0.4 is 25.0 Å².